The van der Waals surface area contributed by atoms with Gasteiger partial charge in [0.15, 0.2) is 0 Å². The first kappa shape index (κ1) is 14.0. The molecule has 0 amide bonds. The van der Waals surface area contributed by atoms with Crippen LogP contribution in [0.15, 0.2) is 18.2 Å². The first-order valence-electron chi connectivity index (χ1n) is 6.06. The van der Waals surface area contributed by atoms with Gasteiger partial charge in [0.2, 0.25) is 0 Å². The second kappa shape index (κ2) is 5.52. The third-order valence-corrected chi connectivity index (χ3v) is 2.77. The Morgan fingerprint density at radius 1 is 1.35 bits per heavy atom. The lowest BCUT2D eigenvalue weighted by molar-refractivity contribution is -0.384. The molecule has 0 aliphatic carbocycles. The van der Waals surface area contributed by atoms with Crippen molar-refractivity contribution in [2.75, 3.05) is 13.2 Å². The Balaban J connectivity index is 2.96. The van der Waals surface area contributed by atoms with Crippen molar-refractivity contribution >= 4 is 0 Å². The van der Waals surface area contributed by atoms with Crippen molar-refractivity contribution in [2.45, 2.75) is 39.2 Å². The topological polar surface area (TPSA) is 57.1 Å². The first-order valence-corrected chi connectivity index (χ1v) is 6.06. The normalized spacial score (nSPS) is 13.5. The van der Waals surface area contributed by atoms with E-state index in [0.29, 0.717) is 13.2 Å². The molecule has 0 unspecified atom stereocenters. The van der Waals surface area contributed by atoms with Crippen LogP contribution in [0.25, 0.3) is 0 Å². The highest BCUT2D eigenvalue weighted by Crippen LogP contribution is 2.33. The van der Waals surface area contributed by atoms with Gasteiger partial charge >= 0.3 is 0 Å². The van der Waals surface area contributed by atoms with E-state index in [1.807, 2.05) is 19.1 Å². The van der Waals surface area contributed by atoms with E-state index >= 15 is 0 Å². The van der Waals surface area contributed by atoms with Gasteiger partial charge < -0.3 is 15.6 Å². The Hall–Kier alpha value is -1.06. The zero-order chi connectivity index (χ0) is 13.1. The monoisotopic (exact) mass is 238 g/mol. The van der Waals surface area contributed by atoms with Gasteiger partial charge in [0.1, 0.15) is 25.0 Å². The number of aliphatic hydroxyl groups is 1. The molecule has 1 rings (SSSR count). The Labute approximate surface area is 104 Å². The average molecular weight is 238 g/mol. The average Bonchev–Trinajstić information content (AvgIpc) is 2.25. The lowest BCUT2D eigenvalue weighted by atomic mass is 9.85. The minimum atomic E-state index is -0.498. The summed E-state index contributed by atoms with van der Waals surface area (Å²) in [5.74, 6) is 0.896. The fourth-order valence-corrected chi connectivity index (χ4v) is 1.70. The number of aryl methyl sites for hydroxylation is 1. The van der Waals surface area contributed by atoms with Crippen molar-refractivity contribution in [2.24, 2.45) is 0 Å². The van der Waals surface area contributed by atoms with Crippen molar-refractivity contribution in [1.82, 2.24) is 0 Å². The second-order valence-electron chi connectivity index (χ2n) is 5.46. The van der Waals surface area contributed by atoms with Crippen LogP contribution in [0, 0.1) is 6.92 Å². The van der Waals surface area contributed by atoms with Crippen molar-refractivity contribution in [3.63, 3.8) is 0 Å². The predicted molar refractivity (Wildman–Crippen MR) is 69.1 cm³/mol. The van der Waals surface area contributed by atoms with Crippen LogP contribution < -0.4 is 10.5 Å². The molecule has 4 N–H and O–H groups in total. The molecule has 1 atom stereocenters. The second-order valence-corrected chi connectivity index (χ2v) is 5.46. The largest absolute Gasteiger partial charge is 0.490 e. The summed E-state index contributed by atoms with van der Waals surface area (Å²) in [5.41, 5.74) is 5.98. The number of ether oxygens (including phenoxy) is 1. The molecule has 1 aromatic rings. The molecular formula is C14H24NO2+. The molecule has 0 bridgehead atoms. The Bertz CT molecular complexity index is 369. The van der Waals surface area contributed by atoms with Crippen molar-refractivity contribution < 1.29 is 15.6 Å². The van der Waals surface area contributed by atoms with E-state index in [2.05, 4.69) is 32.6 Å². The summed E-state index contributed by atoms with van der Waals surface area (Å²) in [6, 6.07) is 6.15. The summed E-state index contributed by atoms with van der Waals surface area (Å²) in [4.78, 5) is 0. The Morgan fingerprint density at radius 3 is 2.53 bits per heavy atom. The fraction of sp³-hybridized carbons (Fsp3) is 0.571. The molecule has 3 nitrogen and oxygen atoms in total. The van der Waals surface area contributed by atoms with Gasteiger partial charge in [-0.15, -0.1) is 0 Å². The van der Waals surface area contributed by atoms with Gasteiger partial charge in [0.05, 0.1) is 0 Å². The minimum Gasteiger partial charge on any atom is -0.490 e. The van der Waals surface area contributed by atoms with Gasteiger partial charge in [-0.2, -0.15) is 0 Å². The van der Waals surface area contributed by atoms with Crippen molar-refractivity contribution in [3.8, 4) is 5.75 Å². The fourth-order valence-electron chi connectivity index (χ4n) is 1.70. The van der Waals surface area contributed by atoms with Crippen LogP contribution >= 0.6 is 0 Å². The number of aliphatic hydroxyl groups excluding tert-OH is 1. The Kier molecular flexibility index (Phi) is 4.54. The first-order chi connectivity index (χ1) is 7.86. The summed E-state index contributed by atoms with van der Waals surface area (Å²) in [5, 5.41) is 9.52. The molecule has 0 aliphatic rings. The van der Waals surface area contributed by atoms with Crippen molar-refractivity contribution in [1.29, 1.82) is 0 Å². The minimum absolute atomic E-state index is 0.0385. The van der Waals surface area contributed by atoms with Crippen LogP contribution in [0.2, 0.25) is 0 Å². The number of hydrogen-bond acceptors (Lipinski definition) is 2. The zero-order valence-corrected chi connectivity index (χ0v) is 11.3. The zero-order valence-electron chi connectivity index (χ0n) is 11.3. The highest BCUT2D eigenvalue weighted by atomic mass is 16.5. The molecule has 3 heteroatoms. The number of para-hydroxylation sites is 1. The standard InChI is InChI=1S/C14H23NO2/c1-10-6-5-7-12(14(2,3)4)13(10)17-9-11(16)8-15/h5-7,11,16H,8-9,15H2,1-4H3/p+1/t11-/m0/s1. The van der Waals surface area contributed by atoms with Crippen LogP contribution in [0.1, 0.15) is 31.9 Å². The molecule has 0 heterocycles. The Morgan fingerprint density at radius 2 is 2.00 bits per heavy atom. The van der Waals surface area contributed by atoms with E-state index in [4.69, 9.17) is 4.74 Å². The number of quaternary nitrogens is 1. The molecule has 1 aromatic carbocycles. The van der Waals surface area contributed by atoms with E-state index in [9.17, 15) is 5.11 Å². The van der Waals surface area contributed by atoms with Gasteiger partial charge in [-0.1, -0.05) is 39.0 Å². The molecule has 0 aliphatic heterocycles. The highest BCUT2D eigenvalue weighted by molar-refractivity contribution is 5.44. The summed E-state index contributed by atoms with van der Waals surface area (Å²) < 4.78 is 5.76. The lowest BCUT2D eigenvalue weighted by Gasteiger charge is -2.24. The summed E-state index contributed by atoms with van der Waals surface area (Å²) in [7, 11) is 0. The van der Waals surface area contributed by atoms with Gasteiger partial charge in [0.25, 0.3) is 0 Å². The van der Waals surface area contributed by atoms with Gasteiger partial charge in [-0.3, -0.25) is 0 Å². The maximum absolute atomic E-state index is 9.52. The molecule has 0 saturated heterocycles. The smallest absolute Gasteiger partial charge is 0.136 e. The molecule has 0 spiro atoms. The van der Waals surface area contributed by atoms with E-state index in [1.165, 1.54) is 5.56 Å². The van der Waals surface area contributed by atoms with Crippen LogP contribution in [0.3, 0.4) is 0 Å². The molecule has 0 radical (unpaired) electrons. The van der Waals surface area contributed by atoms with E-state index < -0.39 is 6.10 Å². The summed E-state index contributed by atoms with van der Waals surface area (Å²) in [6.07, 6.45) is -0.498. The maximum atomic E-state index is 9.52. The van der Waals surface area contributed by atoms with Crippen LogP contribution in [-0.4, -0.2) is 24.4 Å². The van der Waals surface area contributed by atoms with Gasteiger partial charge in [-0.25, -0.2) is 0 Å². The molecular weight excluding hydrogens is 214 g/mol. The van der Waals surface area contributed by atoms with Crippen LogP contribution in [0.4, 0.5) is 0 Å². The number of hydrogen-bond donors (Lipinski definition) is 2. The molecule has 0 fully saturated rings. The SMILES string of the molecule is Cc1cccc(C(C)(C)C)c1OC[C@@H](O)C[NH3+]. The quantitative estimate of drug-likeness (QED) is 0.830. The predicted octanol–water partition coefficient (Wildman–Crippen LogP) is 1.27. The third kappa shape index (κ3) is 3.72. The van der Waals surface area contributed by atoms with E-state index in [1.54, 1.807) is 0 Å². The summed E-state index contributed by atoms with van der Waals surface area (Å²) >= 11 is 0. The molecule has 17 heavy (non-hydrogen) atoms. The van der Waals surface area contributed by atoms with E-state index in [-0.39, 0.29) is 5.41 Å². The number of benzene rings is 1. The van der Waals surface area contributed by atoms with Crippen molar-refractivity contribution in [3.05, 3.63) is 29.3 Å². The highest BCUT2D eigenvalue weighted by Gasteiger charge is 2.20. The third-order valence-electron chi connectivity index (χ3n) is 2.77. The molecule has 0 saturated carbocycles. The van der Waals surface area contributed by atoms with Gasteiger partial charge in [-0.05, 0) is 23.5 Å². The maximum Gasteiger partial charge on any atom is 0.136 e. The van der Waals surface area contributed by atoms with Gasteiger partial charge in [0, 0.05) is 0 Å². The number of rotatable bonds is 4. The molecule has 0 aromatic heterocycles. The van der Waals surface area contributed by atoms with Crippen LogP contribution in [0.5, 0.6) is 5.75 Å². The summed E-state index contributed by atoms with van der Waals surface area (Å²) in [6.45, 7) is 9.28. The molecule has 96 valence electrons. The van der Waals surface area contributed by atoms with Crippen LogP contribution in [-0.2, 0) is 5.41 Å². The van der Waals surface area contributed by atoms with E-state index in [0.717, 1.165) is 11.3 Å². The lowest BCUT2D eigenvalue weighted by Crippen LogP contribution is -2.56.